The predicted octanol–water partition coefficient (Wildman–Crippen LogP) is 3.55. The minimum Gasteiger partial charge on any atom is -0.373 e. The number of anilines is 3. The van der Waals surface area contributed by atoms with Gasteiger partial charge in [0.05, 0.1) is 0 Å². The number of carbonyl (C=O) groups excluding carboxylic acids is 2. The number of benzene rings is 2. The molecule has 3 atom stereocenters. The number of piperazine rings is 1. The fourth-order valence-corrected chi connectivity index (χ4v) is 4.89. The summed E-state index contributed by atoms with van der Waals surface area (Å²) >= 11 is 0. The second-order valence-corrected chi connectivity index (χ2v) is 8.69. The lowest BCUT2D eigenvalue weighted by Gasteiger charge is -2.45. The van der Waals surface area contributed by atoms with Crippen LogP contribution in [-0.4, -0.2) is 47.9 Å². The van der Waals surface area contributed by atoms with Crippen LogP contribution in [-0.2, 0) is 16.0 Å². The first-order valence-electron chi connectivity index (χ1n) is 10.7. The van der Waals surface area contributed by atoms with E-state index in [1.54, 1.807) is 13.0 Å². The molecule has 2 aromatic carbocycles. The van der Waals surface area contributed by atoms with Crippen LogP contribution in [0.15, 0.2) is 36.4 Å². The van der Waals surface area contributed by atoms with Crippen molar-refractivity contribution in [3.63, 3.8) is 0 Å². The molecule has 7 heteroatoms. The Morgan fingerprint density at radius 3 is 2.48 bits per heavy atom. The zero-order valence-electron chi connectivity index (χ0n) is 18.4. The third-order valence-electron chi connectivity index (χ3n) is 6.27. The summed E-state index contributed by atoms with van der Waals surface area (Å²) < 4.78 is 14.1. The molecule has 4 rings (SSSR count). The highest BCUT2D eigenvalue weighted by molar-refractivity contribution is 5.98. The molecule has 164 valence electrons. The first-order chi connectivity index (χ1) is 14.7. The smallest absolute Gasteiger partial charge is 0.247 e. The van der Waals surface area contributed by atoms with Gasteiger partial charge in [-0.3, -0.25) is 9.59 Å². The molecular weight excluding hydrogens is 395 g/mol. The Labute approximate surface area is 182 Å². The Morgan fingerprint density at radius 2 is 1.84 bits per heavy atom. The van der Waals surface area contributed by atoms with Gasteiger partial charge in [-0.25, -0.2) is 4.39 Å². The molecular formula is C24H29FN4O2. The number of aryl methyl sites for hydroxylation is 1. The van der Waals surface area contributed by atoms with E-state index >= 15 is 0 Å². The Balaban J connectivity index is 1.45. The second-order valence-electron chi connectivity index (χ2n) is 8.69. The van der Waals surface area contributed by atoms with E-state index in [9.17, 15) is 14.0 Å². The van der Waals surface area contributed by atoms with Gasteiger partial charge in [0.25, 0.3) is 0 Å². The van der Waals surface area contributed by atoms with E-state index in [4.69, 9.17) is 0 Å². The number of rotatable bonds is 3. The summed E-state index contributed by atoms with van der Waals surface area (Å²) in [6.07, 6.45) is 0.330. The van der Waals surface area contributed by atoms with Crippen LogP contribution in [0, 0.1) is 12.7 Å². The molecule has 1 fully saturated rings. The van der Waals surface area contributed by atoms with Gasteiger partial charge >= 0.3 is 0 Å². The molecule has 31 heavy (non-hydrogen) atoms. The van der Waals surface area contributed by atoms with Gasteiger partial charge in [0.1, 0.15) is 11.9 Å². The predicted molar refractivity (Wildman–Crippen MR) is 121 cm³/mol. The molecule has 2 amide bonds. The summed E-state index contributed by atoms with van der Waals surface area (Å²) in [6, 6.07) is 10.6. The third-order valence-corrected chi connectivity index (χ3v) is 6.27. The first kappa shape index (κ1) is 21.2. The quantitative estimate of drug-likeness (QED) is 0.791. The molecule has 0 saturated carbocycles. The monoisotopic (exact) mass is 424 g/mol. The molecule has 2 heterocycles. The Morgan fingerprint density at radius 1 is 1.13 bits per heavy atom. The maximum atomic E-state index is 14.1. The molecule has 2 N–H and O–H groups in total. The van der Waals surface area contributed by atoms with E-state index in [2.05, 4.69) is 29.4 Å². The van der Waals surface area contributed by atoms with Crippen molar-refractivity contribution in [1.29, 1.82) is 0 Å². The highest BCUT2D eigenvalue weighted by atomic mass is 19.1. The van der Waals surface area contributed by atoms with Crippen LogP contribution in [0.25, 0.3) is 0 Å². The maximum Gasteiger partial charge on any atom is 0.247 e. The minimum atomic E-state index is -0.506. The van der Waals surface area contributed by atoms with Crippen molar-refractivity contribution in [2.24, 2.45) is 0 Å². The lowest BCUT2D eigenvalue weighted by molar-refractivity contribution is -0.133. The number of hydrogen-bond donors (Lipinski definition) is 2. The summed E-state index contributed by atoms with van der Waals surface area (Å²) in [7, 11) is 0. The summed E-state index contributed by atoms with van der Waals surface area (Å²) in [5.41, 5.74) is 3.93. The first-order valence-corrected chi connectivity index (χ1v) is 10.7. The van der Waals surface area contributed by atoms with Crippen LogP contribution in [0.2, 0.25) is 0 Å². The summed E-state index contributed by atoms with van der Waals surface area (Å²) in [4.78, 5) is 28.9. The molecule has 6 nitrogen and oxygen atoms in total. The summed E-state index contributed by atoms with van der Waals surface area (Å²) in [6.45, 7) is 9.10. The van der Waals surface area contributed by atoms with E-state index in [0.29, 0.717) is 17.7 Å². The zero-order valence-corrected chi connectivity index (χ0v) is 18.4. The number of carbonyl (C=O) groups is 2. The SMILES string of the molecule is CC(=O)N1[C@@H](C)CN(c2cccc(NC(=O)C3Cc4c(F)ccc(C)c4N3)c2)C[C@@H]1C. The van der Waals surface area contributed by atoms with E-state index in [0.717, 1.165) is 30.0 Å². The Hall–Kier alpha value is -3.09. The maximum absolute atomic E-state index is 14.1. The van der Waals surface area contributed by atoms with Gasteiger partial charge in [-0.1, -0.05) is 12.1 Å². The minimum absolute atomic E-state index is 0.0948. The van der Waals surface area contributed by atoms with Crippen LogP contribution in [0.1, 0.15) is 31.9 Å². The number of nitrogens with zero attached hydrogens (tertiary/aromatic N) is 2. The van der Waals surface area contributed by atoms with Gasteiger partial charge in [0, 0.05) is 61.1 Å². The van der Waals surface area contributed by atoms with E-state index < -0.39 is 6.04 Å². The number of amides is 2. The van der Waals surface area contributed by atoms with Crippen molar-refractivity contribution in [2.75, 3.05) is 28.6 Å². The molecule has 0 spiro atoms. The molecule has 2 aliphatic rings. The lowest BCUT2D eigenvalue weighted by atomic mass is 10.1. The van der Waals surface area contributed by atoms with E-state index in [1.807, 2.05) is 36.1 Å². The number of nitrogens with one attached hydrogen (secondary N) is 2. The lowest BCUT2D eigenvalue weighted by Crippen LogP contribution is -2.58. The molecule has 0 bridgehead atoms. The molecule has 0 aliphatic carbocycles. The van der Waals surface area contributed by atoms with E-state index in [-0.39, 0.29) is 29.7 Å². The number of hydrogen-bond acceptors (Lipinski definition) is 4. The fraction of sp³-hybridized carbons (Fsp3) is 0.417. The van der Waals surface area contributed by atoms with Crippen LogP contribution < -0.4 is 15.5 Å². The average molecular weight is 425 g/mol. The van der Waals surface area contributed by atoms with Crippen molar-refractivity contribution >= 4 is 28.9 Å². The van der Waals surface area contributed by atoms with Crippen LogP contribution >= 0.6 is 0 Å². The molecule has 1 saturated heterocycles. The summed E-state index contributed by atoms with van der Waals surface area (Å²) in [5, 5.41) is 6.14. The van der Waals surface area contributed by atoms with Crippen molar-refractivity contribution in [1.82, 2.24) is 4.90 Å². The van der Waals surface area contributed by atoms with Gasteiger partial charge < -0.3 is 20.4 Å². The molecule has 0 radical (unpaired) electrons. The zero-order chi connectivity index (χ0) is 22.3. The van der Waals surface area contributed by atoms with Crippen molar-refractivity contribution < 1.29 is 14.0 Å². The van der Waals surface area contributed by atoms with Gasteiger partial charge in [-0.15, -0.1) is 0 Å². The molecule has 0 aromatic heterocycles. The normalized spacial score (nSPS) is 22.7. The van der Waals surface area contributed by atoms with Crippen molar-refractivity contribution in [3.8, 4) is 0 Å². The number of halogens is 1. The fourth-order valence-electron chi connectivity index (χ4n) is 4.89. The highest BCUT2D eigenvalue weighted by Crippen LogP contribution is 2.32. The average Bonchev–Trinajstić information content (AvgIpc) is 3.17. The summed E-state index contributed by atoms with van der Waals surface area (Å²) in [5.74, 6) is -0.369. The van der Waals surface area contributed by atoms with Gasteiger partial charge in [-0.2, -0.15) is 0 Å². The van der Waals surface area contributed by atoms with Crippen molar-refractivity contribution in [3.05, 3.63) is 53.3 Å². The molecule has 2 aliphatic heterocycles. The van der Waals surface area contributed by atoms with Gasteiger partial charge in [0.2, 0.25) is 11.8 Å². The van der Waals surface area contributed by atoms with E-state index in [1.165, 1.54) is 6.07 Å². The van der Waals surface area contributed by atoms with Crippen molar-refractivity contribution in [2.45, 2.75) is 52.2 Å². The standard InChI is InChI=1S/C24H29FN4O2/c1-14-8-9-21(25)20-11-22(27-23(14)20)24(31)26-18-6-5-7-19(10-18)28-12-15(2)29(17(4)30)16(3)13-28/h5-10,15-16,22,27H,11-13H2,1-4H3,(H,26,31)/t15-,16-,22?/m0/s1. The van der Waals surface area contributed by atoms with Crippen LogP contribution in [0.5, 0.6) is 0 Å². The second kappa shape index (κ2) is 8.21. The molecule has 2 aromatic rings. The highest BCUT2D eigenvalue weighted by Gasteiger charge is 2.32. The number of fused-ring (bicyclic) bond motifs is 1. The van der Waals surface area contributed by atoms with Gasteiger partial charge in [0.15, 0.2) is 0 Å². The van der Waals surface area contributed by atoms with Gasteiger partial charge in [-0.05, 0) is 50.6 Å². The topological polar surface area (TPSA) is 64.7 Å². The molecule has 1 unspecified atom stereocenters. The Bertz CT molecular complexity index is 982. The van der Waals surface area contributed by atoms with Crippen LogP contribution in [0.3, 0.4) is 0 Å². The third kappa shape index (κ3) is 4.09. The largest absolute Gasteiger partial charge is 0.373 e. The van der Waals surface area contributed by atoms with Crippen LogP contribution in [0.4, 0.5) is 21.5 Å². The Kier molecular flexibility index (Phi) is 5.60.